The molecule has 3 aromatic carbocycles. The Morgan fingerprint density at radius 1 is 1.11 bits per heavy atom. The van der Waals surface area contributed by atoms with Crippen LogP contribution in [0.25, 0.3) is 16.5 Å². The van der Waals surface area contributed by atoms with Crippen molar-refractivity contribution in [2.24, 2.45) is 0 Å². The van der Waals surface area contributed by atoms with Gasteiger partial charge in [0.15, 0.2) is 0 Å². The maximum Gasteiger partial charge on any atom is 0.428 e. The smallest absolute Gasteiger partial charge is 0.327 e. The van der Waals surface area contributed by atoms with Gasteiger partial charge in [-0.05, 0) is 35.0 Å². The van der Waals surface area contributed by atoms with Gasteiger partial charge in [-0.25, -0.2) is 4.39 Å². The summed E-state index contributed by atoms with van der Waals surface area (Å²) < 4.78 is 56.7. The molecule has 1 atom stereocenters. The first-order valence-corrected chi connectivity index (χ1v) is 10.5. The van der Waals surface area contributed by atoms with Crippen LogP contribution in [0, 0.1) is 5.82 Å². The minimum Gasteiger partial charge on any atom is -0.327 e. The van der Waals surface area contributed by atoms with Crippen LogP contribution in [0.15, 0.2) is 73.1 Å². The molecule has 1 aliphatic heterocycles. The highest BCUT2D eigenvalue weighted by Gasteiger charge is 2.59. The number of rotatable bonds is 6. The predicted octanol–water partition coefficient (Wildman–Crippen LogP) is 5.32. The van der Waals surface area contributed by atoms with Gasteiger partial charge in [0.05, 0.1) is 17.8 Å². The highest BCUT2D eigenvalue weighted by Crippen LogP contribution is 2.48. The van der Waals surface area contributed by atoms with E-state index in [1.807, 2.05) is 0 Å². The predicted molar refractivity (Wildman–Crippen MR) is 122 cm³/mol. The van der Waals surface area contributed by atoms with Gasteiger partial charge < -0.3 is 5.32 Å². The van der Waals surface area contributed by atoms with E-state index >= 15 is 0 Å². The van der Waals surface area contributed by atoms with Crippen molar-refractivity contribution < 1.29 is 32.0 Å². The minimum absolute atomic E-state index is 0.00466. The maximum absolute atomic E-state index is 14.2. The van der Waals surface area contributed by atoms with Crippen molar-refractivity contribution >= 4 is 34.0 Å². The molecule has 3 aromatic rings. The first kappa shape index (κ1) is 24.5. The van der Waals surface area contributed by atoms with Crippen LogP contribution in [0.2, 0.25) is 5.02 Å². The van der Waals surface area contributed by atoms with E-state index in [9.17, 15) is 22.4 Å². The Hall–Kier alpha value is -3.60. The average Bonchev–Trinajstić information content (AvgIpc) is 3.29. The second kappa shape index (κ2) is 9.57. The van der Waals surface area contributed by atoms with Gasteiger partial charge in [-0.15, -0.1) is 0 Å². The molecule has 0 radical (unpaired) electrons. The van der Waals surface area contributed by atoms with E-state index in [0.29, 0.717) is 28.0 Å². The van der Waals surface area contributed by atoms with Crippen LogP contribution in [0.5, 0.6) is 0 Å². The third kappa shape index (κ3) is 4.55. The van der Waals surface area contributed by atoms with Crippen molar-refractivity contribution in [2.75, 3.05) is 7.11 Å². The van der Waals surface area contributed by atoms with Gasteiger partial charge >= 0.3 is 6.18 Å². The Morgan fingerprint density at radius 3 is 2.54 bits per heavy atom. The van der Waals surface area contributed by atoms with Gasteiger partial charge in [0.2, 0.25) is 5.60 Å². The average molecular weight is 508 g/mol. The SMILES string of the molecule is CONC=CNC(=O)c1ccc(C2=CC(c3ccc(Cl)c(F)c3)(C(F)(F)F)ON2)c2ccccc12. The van der Waals surface area contributed by atoms with Gasteiger partial charge in [-0.2, -0.15) is 13.2 Å². The molecule has 182 valence electrons. The molecule has 11 heteroatoms. The molecule has 35 heavy (non-hydrogen) atoms. The molecule has 1 unspecified atom stereocenters. The molecule has 1 amide bonds. The van der Waals surface area contributed by atoms with Crippen molar-refractivity contribution in [3.05, 3.63) is 101 Å². The Morgan fingerprint density at radius 2 is 1.86 bits per heavy atom. The number of halogens is 5. The summed E-state index contributed by atoms with van der Waals surface area (Å²) in [7, 11) is 1.41. The fourth-order valence-corrected chi connectivity index (χ4v) is 3.85. The zero-order valence-corrected chi connectivity index (χ0v) is 18.8. The highest BCUT2D eigenvalue weighted by atomic mass is 35.5. The molecule has 6 nitrogen and oxygen atoms in total. The van der Waals surface area contributed by atoms with Gasteiger partial charge in [-0.3, -0.25) is 25.4 Å². The largest absolute Gasteiger partial charge is 0.428 e. The fraction of sp³-hybridized carbons (Fsp3) is 0.125. The van der Waals surface area contributed by atoms with E-state index in [-0.39, 0.29) is 10.7 Å². The lowest BCUT2D eigenvalue weighted by Crippen LogP contribution is -2.42. The standard InChI is InChI=1S/C24H18ClF4N3O3/c1-34-31-11-10-30-22(33)18-8-7-17(15-4-2-3-5-16(15)18)21-13-23(35-32-21,24(27,28)29)14-6-9-19(25)20(26)12-14/h2-13,31-32H,1H3,(H,30,33). The van der Waals surface area contributed by atoms with E-state index in [2.05, 4.69) is 21.1 Å². The molecule has 3 N–H and O–H groups in total. The lowest BCUT2D eigenvalue weighted by Gasteiger charge is -2.28. The van der Waals surface area contributed by atoms with E-state index in [1.165, 1.54) is 31.6 Å². The van der Waals surface area contributed by atoms with Crippen molar-refractivity contribution in [3.63, 3.8) is 0 Å². The van der Waals surface area contributed by atoms with Crippen molar-refractivity contribution in [1.82, 2.24) is 16.3 Å². The molecule has 0 saturated heterocycles. The molecule has 1 heterocycles. The van der Waals surface area contributed by atoms with E-state index < -0.39 is 29.1 Å². The molecule has 1 aliphatic rings. The summed E-state index contributed by atoms with van der Waals surface area (Å²) in [5.41, 5.74) is 2.00. The Kier molecular flexibility index (Phi) is 6.70. The fourth-order valence-electron chi connectivity index (χ4n) is 3.73. The van der Waals surface area contributed by atoms with E-state index in [4.69, 9.17) is 16.4 Å². The zero-order valence-electron chi connectivity index (χ0n) is 18.0. The van der Waals surface area contributed by atoms with E-state index in [1.54, 1.807) is 24.3 Å². The van der Waals surface area contributed by atoms with Crippen molar-refractivity contribution in [3.8, 4) is 0 Å². The summed E-state index contributed by atoms with van der Waals surface area (Å²) in [6.45, 7) is 0. The van der Waals surface area contributed by atoms with Crippen LogP contribution in [0.3, 0.4) is 0 Å². The summed E-state index contributed by atoms with van der Waals surface area (Å²) in [5, 5.41) is 3.26. The molecule has 0 fully saturated rings. The second-order valence-corrected chi connectivity index (χ2v) is 7.87. The Labute approximate surface area is 202 Å². The lowest BCUT2D eigenvalue weighted by molar-refractivity contribution is -0.269. The zero-order chi connectivity index (χ0) is 25.2. The van der Waals surface area contributed by atoms with Crippen LogP contribution < -0.4 is 16.3 Å². The molecule has 0 spiro atoms. The second-order valence-electron chi connectivity index (χ2n) is 7.46. The quantitative estimate of drug-likeness (QED) is 0.311. The number of hydrogen-bond acceptors (Lipinski definition) is 5. The van der Waals surface area contributed by atoms with Crippen LogP contribution >= 0.6 is 11.6 Å². The molecule has 0 bridgehead atoms. The van der Waals surface area contributed by atoms with Gasteiger partial charge in [0, 0.05) is 29.1 Å². The first-order valence-electron chi connectivity index (χ1n) is 10.1. The monoisotopic (exact) mass is 507 g/mol. The molecule has 0 aromatic heterocycles. The Balaban J connectivity index is 1.79. The lowest BCUT2D eigenvalue weighted by atomic mass is 9.90. The van der Waals surface area contributed by atoms with Crippen LogP contribution in [-0.4, -0.2) is 19.2 Å². The first-order chi connectivity index (χ1) is 16.7. The van der Waals surface area contributed by atoms with Gasteiger partial charge in [0.1, 0.15) is 5.82 Å². The van der Waals surface area contributed by atoms with Crippen molar-refractivity contribution in [2.45, 2.75) is 11.8 Å². The molecular formula is C24H18ClF4N3O3. The van der Waals surface area contributed by atoms with E-state index in [0.717, 1.165) is 18.2 Å². The maximum atomic E-state index is 14.2. The topological polar surface area (TPSA) is 71.6 Å². The molecule has 0 aliphatic carbocycles. The van der Waals surface area contributed by atoms with Crippen LogP contribution in [0.4, 0.5) is 17.6 Å². The summed E-state index contributed by atoms with van der Waals surface area (Å²) >= 11 is 5.65. The van der Waals surface area contributed by atoms with Crippen LogP contribution in [0.1, 0.15) is 21.5 Å². The Bertz CT molecular complexity index is 1340. The summed E-state index contributed by atoms with van der Waals surface area (Å²) in [5.74, 6) is -1.44. The minimum atomic E-state index is -4.93. The third-order valence-electron chi connectivity index (χ3n) is 5.38. The number of hydrogen-bond donors (Lipinski definition) is 3. The number of hydroxylamine groups is 2. The van der Waals surface area contributed by atoms with Crippen molar-refractivity contribution in [1.29, 1.82) is 0 Å². The number of benzene rings is 3. The third-order valence-corrected chi connectivity index (χ3v) is 5.69. The number of fused-ring (bicyclic) bond motifs is 1. The number of carbonyl (C=O) groups is 1. The molecular weight excluding hydrogens is 490 g/mol. The van der Waals surface area contributed by atoms with Gasteiger partial charge in [0.25, 0.3) is 5.91 Å². The number of alkyl halides is 3. The number of amides is 1. The summed E-state index contributed by atoms with van der Waals surface area (Å²) in [6.07, 6.45) is -1.38. The normalized spacial score (nSPS) is 17.9. The number of carbonyl (C=O) groups excluding carboxylic acids is 1. The summed E-state index contributed by atoms with van der Waals surface area (Å²) in [6, 6.07) is 12.5. The summed E-state index contributed by atoms with van der Waals surface area (Å²) in [4.78, 5) is 22.4. The molecule has 0 saturated carbocycles. The highest BCUT2D eigenvalue weighted by molar-refractivity contribution is 6.30. The van der Waals surface area contributed by atoms with Gasteiger partial charge in [-0.1, -0.05) is 48.0 Å². The molecule has 4 rings (SSSR count). The van der Waals surface area contributed by atoms with Crippen LogP contribution in [-0.2, 0) is 15.3 Å². The number of nitrogens with one attached hydrogen (secondary N) is 3.